The van der Waals surface area contributed by atoms with Gasteiger partial charge < -0.3 is 19.7 Å². The number of amides is 1. The van der Waals surface area contributed by atoms with Crippen molar-refractivity contribution < 1.29 is 14.3 Å². The SMILES string of the molecule is CCN(CC)CCCOc1ccc(NC(=O)[C@@](C)(OC)C2CC2)cc1. The van der Waals surface area contributed by atoms with Crippen molar-refractivity contribution in [3.63, 3.8) is 0 Å². The van der Waals surface area contributed by atoms with E-state index in [9.17, 15) is 4.79 Å². The zero-order valence-electron chi connectivity index (χ0n) is 16.0. The van der Waals surface area contributed by atoms with Crippen LogP contribution in [-0.4, -0.2) is 49.8 Å². The van der Waals surface area contributed by atoms with E-state index in [4.69, 9.17) is 9.47 Å². The van der Waals surface area contributed by atoms with Crippen molar-refractivity contribution in [3.8, 4) is 5.75 Å². The van der Waals surface area contributed by atoms with Crippen LogP contribution in [0.25, 0.3) is 0 Å². The number of anilines is 1. The van der Waals surface area contributed by atoms with Gasteiger partial charge in [0.15, 0.2) is 0 Å². The molecule has 1 fully saturated rings. The fraction of sp³-hybridized carbons (Fsp3) is 0.650. The Hall–Kier alpha value is -1.59. The van der Waals surface area contributed by atoms with Gasteiger partial charge in [-0.05, 0) is 69.5 Å². The predicted octanol–water partition coefficient (Wildman–Crippen LogP) is 3.55. The zero-order valence-corrected chi connectivity index (χ0v) is 16.0. The maximum Gasteiger partial charge on any atom is 0.256 e. The molecule has 1 atom stereocenters. The maximum atomic E-state index is 12.5. The fourth-order valence-electron chi connectivity index (χ4n) is 2.99. The van der Waals surface area contributed by atoms with Gasteiger partial charge in [0, 0.05) is 19.3 Å². The van der Waals surface area contributed by atoms with Crippen LogP contribution in [0.2, 0.25) is 0 Å². The second-order valence-corrected chi connectivity index (χ2v) is 6.79. The smallest absolute Gasteiger partial charge is 0.256 e. The average Bonchev–Trinajstić information content (AvgIpc) is 3.48. The number of hydrogen-bond donors (Lipinski definition) is 1. The summed E-state index contributed by atoms with van der Waals surface area (Å²) in [5, 5.41) is 2.95. The summed E-state index contributed by atoms with van der Waals surface area (Å²) < 4.78 is 11.3. The highest BCUT2D eigenvalue weighted by atomic mass is 16.5. The Kier molecular flexibility index (Phi) is 7.26. The predicted molar refractivity (Wildman–Crippen MR) is 101 cm³/mol. The van der Waals surface area contributed by atoms with Gasteiger partial charge in [-0.15, -0.1) is 0 Å². The molecule has 1 aliphatic rings. The van der Waals surface area contributed by atoms with E-state index in [1.807, 2.05) is 31.2 Å². The van der Waals surface area contributed by atoms with Gasteiger partial charge in [-0.25, -0.2) is 0 Å². The van der Waals surface area contributed by atoms with Crippen molar-refractivity contribution in [1.29, 1.82) is 0 Å². The van der Waals surface area contributed by atoms with Gasteiger partial charge in [-0.1, -0.05) is 13.8 Å². The lowest BCUT2D eigenvalue weighted by Gasteiger charge is -2.26. The Morgan fingerprint density at radius 3 is 2.40 bits per heavy atom. The molecule has 1 aliphatic carbocycles. The van der Waals surface area contributed by atoms with Gasteiger partial charge in [0.1, 0.15) is 11.4 Å². The first kappa shape index (κ1) is 19.7. The molecule has 0 heterocycles. The van der Waals surface area contributed by atoms with E-state index >= 15 is 0 Å². The molecule has 1 aromatic carbocycles. The zero-order chi connectivity index (χ0) is 18.3. The molecular formula is C20H32N2O3. The van der Waals surface area contributed by atoms with E-state index in [0.717, 1.165) is 50.3 Å². The summed E-state index contributed by atoms with van der Waals surface area (Å²) in [7, 11) is 1.60. The first-order valence-corrected chi connectivity index (χ1v) is 9.35. The van der Waals surface area contributed by atoms with Gasteiger partial charge >= 0.3 is 0 Å². The lowest BCUT2D eigenvalue weighted by atomic mass is 9.99. The molecule has 5 nitrogen and oxygen atoms in total. The second-order valence-electron chi connectivity index (χ2n) is 6.79. The van der Waals surface area contributed by atoms with Crippen molar-refractivity contribution >= 4 is 11.6 Å². The number of nitrogens with one attached hydrogen (secondary N) is 1. The highest BCUT2D eigenvalue weighted by molar-refractivity contribution is 5.97. The molecule has 0 bridgehead atoms. The molecule has 2 rings (SSSR count). The van der Waals surface area contributed by atoms with Crippen molar-refractivity contribution in [2.45, 2.75) is 45.6 Å². The molecule has 0 aromatic heterocycles. The minimum absolute atomic E-state index is 0.0783. The molecular weight excluding hydrogens is 316 g/mol. The number of methoxy groups -OCH3 is 1. The van der Waals surface area contributed by atoms with Crippen molar-refractivity contribution in [2.75, 3.05) is 38.7 Å². The van der Waals surface area contributed by atoms with Crippen LogP contribution in [0.4, 0.5) is 5.69 Å². The highest BCUT2D eigenvalue weighted by Crippen LogP contribution is 2.42. The lowest BCUT2D eigenvalue weighted by Crippen LogP contribution is -2.43. The van der Waals surface area contributed by atoms with Crippen LogP contribution < -0.4 is 10.1 Å². The molecule has 0 radical (unpaired) electrons. The van der Waals surface area contributed by atoms with Crippen LogP contribution >= 0.6 is 0 Å². The second kappa shape index (κ2) is 9.20. The molecule has 0 spiro atoms. The minimum atomic E-state index is -0.737. The van der Waals surface area contributed by atoms with E-state index in [2.05, 4.69) is 24.1 Å². The molecule has 0 unspecified atom stereocenters. The van der Waals surface area contributed by atoms with E-state index in [1.165, 1.54) is 0 Å². The van der Waals surface area contributed by atoms with E-state index in [-0.39, 0.29) is 5.91 Å². The topological polar surface area (TPSA) is 50.8 Å². The molecule has 0 saturated heterocycles. The number of ether oxygens (including phenoxy) is 2. The minimum Gasteiger partial charge on any atom is -0.494 e. The van der Waals surface area contributed by atoms with Crippen LogP contribution in [-0.2, 0) is 9.53 Å². The summed E-state index contributed by atoms with van der Waals surface area (Å²) in [6.45, 7) is 10.1. The van der Waals surface area contributed by atoms with Gasteiger partial charge in [-0.3, -0.25) is 4.79 Å². The number of hydrogen-bond acceptors (Lipinski definition) is 4. The Morgan fingerprint density at radius 1 is 1.24 bits per heavy atom. The van der Waals surface area contributed by atoms with E-state index in [0.29, 0.717) is 12.5 Å². The molecule has 5 heteroatoms. The summed E-state index contributed by atoms with van der Waals surface area (Å²) in [4.78, 5) is 14.9. The molecule has 140 valence electrons. The summed E-state index contributed by atoms with van der Waals surface area (Å²) in [6, 6.07) is 7.55. The van der Waals surface area contributed by atoms with Crippen LogP contribution in [0.3, 0.4) is 0 Å². The third kappa shape index (κ3) is 5.44. The average molecular weight is 348 g/mol. The summed E-state index contributed by atoms with van der Waals surface area (Å²) >= 11 is 0. The lowest BCUT2D eigenvalue weighted by molar-refractivity contribution is -0.138. The summed E-state index contributed by atoms with van der Waals surface area (Å²) in [5.74, 6) is 1.07. The molecule has 1 N–H and O–H groups in total. The van der Waals surface area contributed by atoms with Gasteiger partial charge in [0.25, 0.3) is 5.91 Å². The number of rotatable bonds is 11. The molecule has 1 saturated carbocycles. The van der Waals surface area contributed by atoms with Crippen LogP contribution in [0, 0.1) is 5.92 Å². The van der Waals surface area contributed by atoms with Gasteiger partial charge in [0.2, 0.25) is 0 Å². The number of nitrogens with zero attached hydrogens (tertiary/aromatic N) is 1. The first-order chi connectivity index (χ1) is 12.0. The van der Waals surface area contributed by atoms with Crippen molar-refractivity contribution in [3.05, 3.63) is 24.3 Å². The van der Waals surface area contributed by atoms with E-state index < -0.39 is 5.60 Å². The number of carbonyl (C=O) groups is 1. The Bertz CT molecular complexity index is 538. The standard InChI is InChI=1S/C20H32N2O3/c1-5-22(6-2)14-7-15-25-18-12-10-17(11-13-18)21-19(23)20(3,24-4)16-8-9-16/h10-13,16H,5-9,14-15H2,1-4H3,(H,21,23)/t20-/m0/s1. The Balaban J connectivity index is 1.78. The summed E-state index contributed by atoms with van der Waals surface area (Å²) in [5.41, 5.74) is 0.0315. The fourth-order valence-corrected chi connectivity index (χ4v) is 2.99. The third-order valence-corrected chi connectivity index (χ3v) is 5.13. The monoisotopic (exact) mass is 348 g/mol. The highest BCUT2D eigenvalue weighted by Gasteiger charge is 2.47. The molecule has 0 aliphatic heterocycles. The molecule has 25 heavy (non-hydrogen) atoms. The molecule has 1 aromatic rings. The maximum absolute atomic E-state index is 12.5. The van der Waals surface area contributed by atoms with Crippen LogP contribution in [0.5, 0.6) is 5.75 Å². The quantitative estimate of drug-likeness (QED) is 0.621. The Morgan fingerprint density at radius 2 is 1.88 bits per heavy atom. The molecule has 1 amide bonds. The van der Waals surface area contributed by atoms with Crippen LogP contribution in [0.1, 0.15) is 40.0 Å². The largest absolute Gasteiger partial charge is 0.494 e. The van der Waals surface area contributed by atoms with E-state index in [1.54, 1.807) is 7.11 Å². The normalized spacial score (nSPS) is 16.5. The van der Waals surface area contributed by atoms with Gasteiger partial charge in [-0.2, -0.15) is 0 Å². The third-order valence-electron chi connectivity index (χ3n) is 5.13. The summed E-state index contributed by atoms with van der Waals surface area (Å²) in [6.07, 6.45) is 3.11. The first-order valence-electron chi connectivity index (χ1n) is 9.35. The number of benzene rings is 1. The van der Waals surface area contributed by atoms with Gasteiger partial charge in [0.05, 0.1) is 6.61 Å². The van der Waals surface area contributed by atoms with Crippen molar-refractivity contribution in [2.24, 2.45) is 5.92 Å². The number of carbonyl (C=O) groups excluding carboxylic acids is 1. The Labute approximate surface area is 151 Å². The van der Waals surface area contributed by atoms with Crippen molar-refractivity contribution in [1.82, 2.24) is 4.90 Å². The van der Waals surface area contributed by atoms with Crippen LogP contribution in [0.15, 0.2) is 24.3 Å².